The highest BCUT2D eigenvalue weighted by atomic mass is 35.5. The lowest BCUT2D eigenvalue weighted by Crippen LogP contribution is -2.20. The largest absolute Gasteiger partial charge is 0.292 e. The van der Waals surface area contributed by atoms with Crippen LogP contribution in [0.5, 0.6) is 0 Å². The van der Waals surface area contributed by atoms with Gasteiger partial charge in [-0.1, -0.05) is 35.3 Å². The second-order valence-corrected chi connectivity index (χ2v) is 8.29. The molecule has 0 spiro atoms. The molecule has 138 valence electrons. The van der Waals surface area contributed by atoms with Crippen LogP contribution in [-0.2, 0) is 6.54 Å². The van der Waals surface area contributed by atoms with Crippen LogP contribution in [0.25, 0.3) is 33.1 Å². The predicted octanol–water partition coefficient (Wildman–Crippen LogP) is 5.77. The van der Waals surface area contributed by atoms with Crippen molar-refractivity contribution >= 4 is 57.1 Å². The number of nitrogens with zero attached hydrogens (tertiary/aromatic N) is 3. The van der Waals surface area contributed by atoms with Crippen LogP contribution in [-0.4, -0.2) is 14.5 Å². The van der Waals surface area contributed by atoms with Gasteiger partial charge in [0, 0.05) is 27.5 Å². The zero-order valence-corrected chi connectivity index (χ0v) is 16.9. The van der Waals surface area contributed by atoms with E-state index in [0.717, 1.165) is 28.3 Å². The summed E-state index contributed by atoms with van der Waals surface area (Å²) in [7, 11) is 0. The molecule has 4 aromatic rings. The van der Waals surface area contributed by atoms with Crippen LogP contribution < -0.4 is 5.56 Å². The third-order valence-corrected chi connectivity index (χ3v) is 6.14. The molecule has 1 aliphatic rings. The molecule has 0 atom stereocenters. The van der Waals surface area contributed by atoms with Gasteiger partial charge in [0.05, 0.1) is 16.6 Å². The van der Waals surface area contributed by atoms with Crippen molar-refractivity contribution in [2.75, 3.05) is 0 Å². The molecule has 2 aromatic carbocycles. The Labute approximate surface area is 174 Å². The first kappa shape index (κ1) is 17.6. The van der Waals surface area contributed by atoms with Gasteiger partial charge in [-0.05, 0) is 48.4 Å². The van der Waals surface area contributed by atoms with E-state index in [4.69, 9.17) is 33.2 Å². The summed E-state index contributed by atoms with van der Waals surface area (Å²) in [5.41, 5.74) is 3.49. The molecule has 0 saturated heterocycles. The SMILES string of the molecule is O=c1c2ccc(Cl)cc2nc2n1CC/C2=C\c1csc(-c2ccc(Cl)cc2)n1. The summed E-state index contributed by atoms with van der Waals surface area (Å²) in [4.78, 5) is 22.2. The second-order valence-electron chi connectivity index (χ2n) is 6.56. The number of allylic oxidation sites excluding steroid dienone is 1. The van der Waals surface area contributed by atoms with Gasteiger partial charge >= 0.3 is 0 Å². The van der Waals surface area contributed by atoms with Gasteiger partial charge in [-0.3, -0.25) is 9.36 Å². The van der Waals surface area contributed by atoms with Crippen molar-refractivity contribution in [3.05, 3.63) is 79.8 Å². The van der Waals surface area contributed by atoms with Gasteiger partial charge in [-0.15, -0.1) is 11.3 Å². The zero-order valence-electron chi connectivity index (χ0n) is 14.5. The molecule has 0 radical (unpaired) electrons. The maximum absolute atomic E-state index is 12.8. The van der Waals surface area contributed by atoms with E-state index in [0.29, 0.717) is 33.3 Å². The molecular weight excluding hydrogens is 413 g/mol. The Kier molecular flexibility index (Phi) is 4.31. The highest BCUT2D eigenvalue weighted by Crippen LogP contribution is 2.30. The van der Waals surface area contributed by atoms with Crippen LogP contribution in [0.15, 0.2) is 52.6 Å². The van der Waals surface area contributed by atoms with E-state index < -0.39 is 0 Å². The summed E-state index contributed by atoms with van der Waals surface area (Å²) in [6.07, 6.45) is 2.76. The maximum atomic E-state index is 12.8. The predicted molar refractivity (Wildman–Crippen MR) is 116 cm³/mol. The molecule has 1 aliphatic heterocycles. The first-order valence-corrected chi connectivity index (χ1v) is 10.3. The van der Waals surface area contributed by atoms with Crippen LogP contribution in [0, 0.1) is 0 Å². The van der Waals surface area contributed by atoms with E-state index in [1.54, 1.807) is 34.1 Å². The molecule has 0 N–H and O–H groups in total. The van der Waals surface area contributed by atoms with Crippen LogP contribution in [0.1, 0.15) is 17.9 Å². The lowest BCUT2D eigenvalue weighted by atomic mass is 10.2. The smallest absolute Gasteiger partial charge is 0.261 e. The first-order valence-electron chi connectivity index (χ1n) is 8.71. The molecule has 7 heteroatoms. The average molecular weight is 426 g/mol. The minimum absolute atomic E-state index is 0.0276. The quantitative estimate of drug-likeness (QED) is 0.409. The van der Waals surface area contributed by atoms with Gasteiger partial charge in [0.15, 0.2) is 0 Å². The van der Waals surface area contributed by atoms with E-state index in [1.807, 2.05) is 35.7 Å². The second kappa shape index (κ2) is 6.85. The molecule has 0 saturated carbocycles. The minimum Gasteiger partial charge on any atom is -0.292 e. The van der Waals surface area contributed by atoms with Gasteiger partial charge in [-0.25, -0.2) is 9.97 Å². The highest BCUT2D eigenvalue weighted by molar-refractivity contribution is 7.13. The van der Waals surface area contributed by atoms with Crippen molar-refractivity contribution in [1.29, 1.82) is 0 Å². The summed E-state index contributed by atoms with van der Waals surface area (Å²) in [5, 5.41) is 4.80. The van der Waals surface area contributed by atoms with Gasteiger partial charge in [0.1, 0.15) is 10.8 Å². The molecule has 28 heavy (non-hydrogen) atoms. The Morgan fingerprint density at radius 3 is 2.64 bits per heavy atom. The standard InChI is InChI=1S/C21H13Cl2N3OS/c22-14-3-1-12(2-4-14)20-24-16(11-28-20)9-13-7-8-26-19(13)25-18-10-15(23)5-6-17(18)21(26)27/h1-6,9-11H,7-8H2/b13-9+. The molecule has 3 heterocycles. The van der Waals surface area contributed by atoms with Crippen molar-refractivity contribution in [2.24, 2.45) is 0 Å². The number of rotatable bonds is 2. The molecule has 0 fully saturated rings. The van der Waals surface area contributed by atoms with E-state index >= 15 is 0 Å². The van der Waals surface area contributed by atoms with E-state index in [-0.39, 0.29) is 5.56 Å². The topological polar surface area (TPSA) is 47.8 Å². The van der Waals surface area contributed by atoms with Gasteiger partial charge in [0.2, 0.25) is 0 Å². The van der Waals surface area contributed by atoms with E-state index in [2.05, 4.69) is 0 Å². The monoisotopic (exact) mass is 425 g/mol. The van der Waals surface area contributed by atoms with Crippen molar-refractivity contribution < 1.29 is 0 Å². The molecule has 0 bridgehead atoms. The minimum atomic E-state index is -0.0276. The number of aromatic nitrogens is 3. The molecule has 0 amide bonds. The normalized spacial score (nSPS) is 14.7. The van der Waals surface area contributed by atoms with E-state index in [9.17, 15) is 4.79 Å². The Bertz CT molecular complexity index is 1310. The molecule has 5 rings (SSSR count). The Hall–Kier alpha value is -2.47. The van der Waals surface area contributed by atoms with Gasteiger partial charge < -0.3 is 0 Å². The molecule has 4 nitrogen and oxygen atoms in total. The maximum Gasteiger partial charge on any atom is 0.261 e. The number of hydrogen-bond acceptors (Lipinski definition) is 4. The Balaban J connectivity index is 1.56. The average Bonchev–Trinajstić information content (AvgIpc) is 3.30. The van der Waals surface area contributed by atoms with Crippen LogP contribution in [0.2, 0.25) is 10.0 Å². The summed E-state index contributed by atoms with van der Waals surface area (Å²) in [5.74, 6) is 0.695. The fraction of sp³-hybridized carbons (Fsp3) is 0.0952. The Morgan fingerprint density at radius 1 is 1.04 bits per heavy atom. The third kappa shape index (κ3) is 3.05. The van der Waals surface area contributed by atoms with Crippen molar-refractivity contribution in [2.45, 2.75) is 13.0 Å². The number of halogens is 2. The summed E-state index contributed by atoms with van der Waals surface area (Å²) < 4.78 is 1.73. The molecular formula is C21H13Cl2N3OS. The lowest BCUT2D eigenvalue weighted by Gasteiger charge is -2.05. The fourth-order valence-electron chi connectivity index (χ4n) is 3.38. The fourth-order valence-corrected chi connectivity index (χ4v) is 4.46. The van der Waals surface area contributed by atoms with E-state index in [1.165, 1.54) is 0 Å². The van der Waals surface area contributed by atoms with Gasteiger partial charge in [0.25, 0.3) is 5.56 Å². The highest BCUT2D eigenvalue weighted by Gasteiger charge is 2.21. The van der Waals surface area contributed by atoms with Crippen molar-refractivity contribution in [3.8, 4) is 10.6 Å². The third-order valence-electron chi connectivity index (χ3n) is 4.74. The lowest BCUT2D eigenvalue weighted by molar-refractivity contribution is 0.725. The molecule has 2 aromatic heterocycles. The Morgan fingerprint density at radius 2 is 1.82 bits per heavy atom. The number of hydrogen-bond donors (Lipinski definition) is 0. The van der Waals surface area contributed by atoms with Crippen LogP contribution >= 0.6 is 34.5 Å². The zero-order chi connectivity index (χ0) is 19.3. The molecule has 0 unspecified atom stereocenters. The molecule has 0 aliphatic carbocycles. The summed E-state index contributed by atoms with van der Waals surface area (Å²) in [6, 6.07) is 12.8. The number of fused-ring (bicyclic) bond motifs is 2. The van der Waals surface area contributed by atoms with Gasteiger partial charge in [-0.2, -0.15) is 0 Å². The summed E-state index contributed by atoms with van der Waals surface area (Å²) in [6.45, 7) is 0.625. The van der Waals surface area contributed by atoms with Crippen molar-refractivity contribution in [3.63, 3.8) is 0 Å². The number of benzene rings is 2. The first-order chi connectivity index (χ1) is 13.6. The number of thiazole rings is 1. The van der Waals surface area contributed by atoms with Crippen LogP contribution in [0.4, 0.5) is 0 Å². The van der Waals surface area contributed by atoms with Crippen LogP contribution in [0.3, 0.4) is 0 Å². The van der Waals surface area contributed by atoms with Crippen molar-refractivity contribution in [1.82, 2.24) is 14.5 Å². The summed E-state index contributed by atoms with van der Waals surface area (Å²) >= 11 is 13.6.